The van der Waals surface area contributed by atoms with Crippen LogP contribution in [0.15, 0.2) is 45.4 Å². The minimum absolute atomic E-state index is 0.0505. The largest absolute Gasteiger partial charge is 0.459 e. The predicted octanol–water partition coefficient (Wildman–Crippen LogP) is 2.13. The maximum atomic E-state index is 12.1. The van der Waals surface area contributed by atoms with Gasteiger partial charge in [-0.1, -0.05) is 11.6 Å². The summed E-state index contributed by atoms with van der Waals surface area (Å²) in [7, 11) is -3.74. The Balaban J connectivity index is 1.52. The number of esters is 1. The van der Waals surface area contributed by atoms with Gasteiger partial charge in [-0.15, -0.1) is 11.3 Å². The van der Waals surface area contributed by atoms with E-state index >= 15 is 0 Å². The number of carbonyl (C=O) groups excluding carboxylic acids is 1. The first-order valence-electron chi connectivity index (χ1n) is 8.14. The van der Waals surface area contributed by atoms with Crippen LogP contribution < -0.4 is 10.3 Å². The maximum Gasteiger partial charge on any atom is 0.307 e. The summed E-state index contributed by atoms with van der Waals surface area (Å²) in [6.45, 7) is 1.52. The van der Waals surface area contributed by atoms with Crippen LogP contribution in [0.3, 0.4) is 0 Å². The van der Waals surface area contributed by atoms with Crippen molar-refractivity contribution in [2.75, 3.05) is 6.54 Å². The van der Waals surface area contributed by atoms with Crippen molar-refractivity contribution in [3.05, 3.63) is 62.5 Å². The molecule has 0 atom stereocenters. The molecule has 148 valence electrons. The van der Waals surface area contributed by atoms with Crippen molar-refractivity contribution < 1.29 is 17.9 Å². The average Bonchev–Trinajstić information content (AvgIpc) is 3.01. The summed E-state index contributed by atoms with van der Waals surface area (Å²) in [5, 5.41) is 2.23. The highest BCUT2D eigenvalue weighted by Crippen LogP contribution is 2.14. The zero-order valence-corrected chi connectivity index (χ0v) is 17.1. The quantitative estimate of drug-likeness (QED) is 0.563. The zero-order chi connectivity index (χ0) is 20.3. The summed E-state index contributed by atoms with van der Waals surface area (Å²) in [5.41, 5.74) is 0.876. The third kappa shape index (κ3) is 4.76. The number of nitrogens with zero attached hydrogens (tertiary/aromatic N) is 2. The predicted molar refractivity (Wildman–Crippen MR) is 105 cm³/mol. The van der Waals surface area contributed by atoms with Crippen LogP contribution in [0.2, 0.25) is 5.02 Å². The highest BCUT2D eigenvalue weighted by Gasteiger charge is 2.15. The van der Waals surface area contributed by atoms with Crippen LogP contribution in [0.25, 0.3) is 4.96 Å². The summed E-state index contributed by atoms with van der Waals surface area (Å²) in [6, 6.07) is 6.98. The topological polar surface area (TPSA) is 107 Å². The van der Waals surface area contributed by atoms with E-state index in [4.69, 9.17) is 16.3 Å². The van der Waals surface area contributed by atoms with Crippen LogP contribution in [-0.4, -0.2) is 30.3 Å². The second-order valence-corrected chi connectivity index (χ2v) is 8.88. The molecule has 11 heteroatoms. The molecule has 0 aliphatic rings. The number of ether oxygens (including phenoxy) is 1. The average molecular weight is 442 g/mol. The summed E-state index contributed by atoms with van der Waals surface area (Å²) in [5.74, 6) is -0.608. The molecule has 0 unspecified atom stereocenters. The molecule has 0 saturated heterocycles. The lowest BCUT2D eigenvalue weighted by Gasteiger charge is -2.07. The molecule has 0 saturated carbocycles. The smallest absolute Gasteiger partial charge is 0.307 e. The van der Waals surface area contributed by atoms with Gasteiger partial charge in [0.15, 0.2) is 4.96 Å². The minimum Gasteiger partial charge on any atom is -0.459 e. The van der Waals surface area contributed by atoms with Crippen molar-refractivity contribution in [2.45, 2.75) is 24.8 Å². The van der Waals surface area contributed by atoms with Crippen LogP contribution in [0.4, 0.5) is 0 Å². The monoisotopic (exact) mass is 441 g/mol. The van der Waals surface area contributed by atoms with E-state index in [1.54, 1.807) is 6.92 Å². The molecule has 1 N–H and O–H groups in total. The van der Waals surface area contributed by atoms with E-state index in [0.717, 1.165) is 5.69 Å². The number of sulfonamides is 1. The molecule has 3 aromatic rings. The number of aromatic nitrogens is 2. The number of rotatable bonds is 7. The van der Waals surface area contributed by atoms with E-state index in [0.29, 0.717) is 15.7 Å². The standard InChI is InChI=1S/C17H16ClN3O5S2/c1-11-10-27-17-20-13(8-15(22)21(11)17)9-26-16(23)6-7-19-28(24,25)14-4-2-12(18)3-5-14/h2-5,8,10,19H,6-7,9H2,1H3. The van der Waals surface area contributed by atoms with Gasteiger partial charge in [0.25, 0.3) is 5.56 Å². The Morgan fingerprint density at radius 2 is 2.04 bits per heavy atom. The Morgan fingerprint density at radius 1 is 1.32 bits per heavy atom. The molecule has 1 aromatic carbocycles. The number of hydrogen-bond donors (Lipinski definition) is 1. The van der Waals surface area contributed by atoms with Gasteiger partial charge < -0.3 is 4.74 Å². The van der Waals surface area contributed by atoms with Crippen LogP contribution >= 0.6 is 22.9 Å². The Labute approximate surface area is 169 Å². The molecule has 0 aliphatic carbocycles. The van der Waals surface area contributed by atoms with Gasteiger partial charge in [-0.05, 0) is 31.2 Å². The number of thiazole rings is 1. The highest BCUT2D eigenvalue weighted by molar-refractivity contribution is 7.89. The lowest BCUT2D eigenvalue weighted by Crippen LogP contribution is -2.26. The van der Waals surface area contributed by atoms with Gasteiger partial charge in [-0.2, -0.15) is 0 Å². The summed E-state index contributed by atoms with van der Waals surface area (Å²) in [6.07, 6.45) is -0.161. The van der Waals surface area contributed by atoms with Gasteiger partial charge in [0.05, 0.1) is 17.0 Å². The lowest BCUT2D eigenvalue weighted by molar-refractivity contribution is -0.144. The SMILES string of the molecule is Cc1csc2nc(COC(=O)CCNS(=O)(=O)c3ccc(Cl)cc3)cc(=O)n12. The molecule has 8 nitrogen and oxygen atoms in total. The van der Waals surface area contributed by atoms with E-state index in [1.165, 1.54) is 46.1 Å². The van der Waals surface area contributed by atoms with Crippen LogP contribution in [0.5, 0.6) is 0 Å². The fourth-order valence-electron chi connectivity index (χ4n) is 2.39. The first-order valence-corrected chi connectivity index (χ1v) is 10.9. The van der Waals surface area contributed by atoms with Gasteiger partial charge in [-0.25, -0.2) is 18.1 Å². The number of hydrogen-bond acceptors (Lipinski definition) is 7. The van der Waals surface area contributed by atoms with Crippen molar-refractivity contribution in [1.82, 2.24) is 14.1 Å². The van der Waals surface area contributed by atoms with Crippen LogP contribution in [-0.2, 0) is 26.2 Å². The Hall–Kier alpha value is -2.27. The first kappa shape index (κ1) is 20.5. The second-order valence-electron chi connectivity index (χ2n) is 5.84. The summed E-state index contributed by atoms with van der Waals surface area (Å²) in [4.78, 5) is 28.8. The fraction of sp³-hybridized carbons (Fsp3) is 0.235. The highest BCUT2D eigenvalue weighted by atomic mass is 35.5. The van der Waals surface area contributed by atoms with Gasteiger partial charge in [-0.3, -0.25) is 14.0 Å². The van der Waals surface area contributed by atoms with Crippen molar-refractivity contribution in [3.63, 3.8) is 0 Å². The Morgan fingerprint density at radius 3 is 2.75 bits per heavy atom. The van der Waals surface area contributed by atoms with E-state index in [-0.39, 0.29) is 30.0 Å². The van der Waals surface area contributed by atoms with Gasteiger partial charge in [0, 0.05) is 28.7 Å². The molecule has 2 aromatic heterocycles. The normalized spacial score (nSPS) is 11.6. The Bertz CT molecular complexity index is 1170. The van der Waals surface area contributed by atoms with Crippen molar-refractivity contribution in [3.8, 4) is 0 Å². The molecule has 0 aliphatic heterocycles. The van der Waals surface area contributed by atoms with E-state index in [9.17, 15) is 18.0 Å². The first-order chi connectivity index (χ1) is 13.3. The number of fused-ring (bicyclic) bond motifs is 1. The Kier molecular flexibility index (Phi) is 6.14. The van der Waals surface area contributed by atoms with Crippen molar-refractivity contribution in [2.24, 2.45) is 0 Å². The minimum atomic E-state index is -3.74. The molecular weight excluding hydrogens is 426 g/mol. The zero-order valence-electron chi connectivity index (χ0n) is 14.7. The van der Waals surface area contributed by atoms with E-state index < -0.39 is 16.0 Å². The van der Waals surface area contributed by atoms with Crippen molar-refractivity contribution >= 4 is 43.9 Å². The van der Waals surface area contributed by atoms with E-state index in [1.807, 2.05) is 5.38 Å². The number of nitrogens with one attached hydrogen (secondary N) is 1. The molecule has 0 bridgehead atoms. The molecule has 0 spiro atoms. The number of aryl methyl sites for hydroxylation is 1. The van der Waals surface area contributed by atoms with Crippen LogP contribution in [0, 0.1) is 6.92 Å². The lowest BCUT2D eigenvalue weighted by atomic mass is 10.4. The number of halogens is 1. The fourth-order valence-corrected chi connectivity index (χ4v) is 4.43. The third-order valence-corrected chi connectivity index (χ3v) is 6.43. The van der Waals surface area contributed by atoms with Crippen LogP contribution in [0.1, 0.15) is 17.8 Å². The van der Waals surface area contributed by atoms with Gasteiger partial charge in [0.1, 0.15) is 6.61 Å². The third-order valence-electron chi connectivity index (χ3n) is 3.75. The van der Waals surface area contributed by atoms with E-state index in [2.05, 4.69) is 9.71 Å². The number of benzene rings is 1. The maximum absolute atomic E-state index is 12.1. The molecular formula is C17H16ClN3O5S2. The van der Waals surface area contributed by atoms with Gasteiger partial charge >= 0.3 is 5.97 Å². The van der Waals surface area contributed by atoms with Gasteiger partial charge in [0.2, 0.25) is 10.0 Å². The summed E-state index contributed by atoms with van der Waals surface area (Å²) < 4.78 is 33.1. The second kappa shape index (κ2) is 8.39. The number of carbonyl (C=O) groups is 1. The molecule has 0 radical (unpaired) electrons. The van der Waals surface area contributed by atoms with Crippen molar-refractivity contribution in [1.29, 1.82) is 0 Å². The molecule has 0 amide bonds. The molecule has 3 rings (SSSR count). The summed E-state index contributed by atoms with van der Waals surface area (Å²) >= 11 is 7.05. The molecule has 2 heterocycles. The molecule has 0 fully saturated rings. The molecule has 28 heavy (non-hydrogen) atoms.